The molecule has 0 atom stereocenters. The molecule has 0 aliphatic carbocycles. The molecule has 0 radical (unpaired) electrons. The summed E-state index contributed by atoms with van der Waals surface area (Å²) in [5.74, 6) is 1.25. The third-order valence-corrected chi connectivity index (χ3v) is 3.37. The summed E-state index contributed by atoms with van der Waals surface area (Å²) in [4.78, 5) is 10.4. The van der Waals surface area contributed by atoms with Crippen LogP contribution < -0.4 is 5.32 Å². The predicted molar refractivity (Wildman–Crippen MR) is 70.3 cm³/mol. The lowest BCUT2D eigenvalue weighted by Gasteiger charge is -2.30. The molecule has 0 aromatic carbocycles. The molecule has 0 amide bonds. The van der Waals surface area contributed by atoms with Gasteiger partial charge >= 0.3 is 0 Å². The van der Waals surface area contributed by atoms with Gasteiger partial charge in [0.2, 0.25) is 5.95 Å². The highest BCUT2D eigenvalue weighted by Gasteiger charge is 2.18. The summed E-state index contributed by atoms with van der Waals surface area (Å²) >= 11 is 5.72. The van der Waals surface area contributed by atoms with E-state index in [0.29, 0.717) is 23.4 Å². The fourth-order valence-corrected chi connectivity index (χ4v) is 2.19. The fraction of sp³-hybridized carbons (Fsp3) is 0.583. The smallest absolute Gasteiger partial charge is 0.222 e. The zero-order chi connectivity index (χ0) is 12.8. The third-order valence-electron chi connectivity index (χ3n) is 3.17. The lowest BCUT2D eigenvalue weighted by molar-refractivity contribution is 0.208. The monoisotopic (exact) mass is 265 g/mol. The number of halogens is 1. The van der Waals surface area contributed by atoms with E-state index in [0.717, 1.165) is 32.5 Å². The third kappa shape index (κ3) is 3.83. The van der Waals surface area contributed by atoms with Gasteiger partial charge in [-0.05, 0) is 31.8 Å². The standard InChI is InChI=1S/C12H16ClN5/c13-11-8-16-12(17-9-11)15-7-10-1-4-18(5-2-10)6-3-14/h8-10H,1-2,4-7H2,(H,15,16,17). The van der Waals surface area contributed by atoms with Crippen LogP contribution in [-0.4, -0.2) is 41.0 Å². The van der Waals surface area contributed by atoms with Crippen LogP contribution in [0.15, 0.2) is 12.4 Å². The van der Waals surface area contributed by atoms with Gasteiger partial charge in [0.05, 0.1) is 30.0 Å². The molecule has 0 spiro atoms. The molecule has 1 aliphatic heterocycles. The molecule has 2 rings (SSSR count). The Kier molecular flexibility index (Phi) is 4.73. The zero-order valence-electron chi connectivity index (χ0n) is 10.1. The number of hydrogen-bond donors (Lipinski definition) is 1. The number of rotatable bonds is 4. The van der Waals surface area contributed by atoms with Gasteiger partial charge in [-0.1, -0.05) is 11.6 Å². The maximum absolute atomic E-state index is 8.63. The van der Waals surface area contributed by atoms with Crippen LogP contribution in [-0.2, 0) is 0 Å². The summed E-state index contributed by atoms with van der Waals surface area (Å²) in [5.41, 5.74) is 0. The van der Waals surface area contributed by atoms with Crippen molar-refractivity contribution in [2.24, 2.45) is 5.92 Å². The molecule has 2 heterocycles. The molecule has 18 heavy (non-hydrogen) atoms. The van der Waals surface area contributed by atoms with Crippen molar-refractivity contribution in [2.75, 3.05) is 31.5 Å². The van der Waals surface area contributed by atoms with Gasteiger partial charge in [-0.2, -0.15) is 5.26 Å². The van der Waals surface area contributed by atoms with E-state index in [9.17, 15) is 0 Å². The van der Waals surface area contributed by atoms with Gasteiger partial charge in [-0.15, -0.1) is 0 Å². The highest BCUT2D eigenvalue weighted by Crippen LogP contribution is 2.17. The van der Waals surface area contributed by atoms with E-state index in [-0.39, 0.29) is 0 Å². The molecule has 1 saturated heterocycles. The largest absolute Gasteiger partial charge is 0.354 e. The molecule has 1 N–H and O–H groups in total. The maximum Gasteiger partial charge on any atom is 0.222 e. The van der Waals surface area contributed by atoms with Gasteiger partial charge < -0.3 is 5.32 Å². The Labute approximate surface area is 112 Å². The number of hydrogen-bond acceptors (Lipinski definition) is 5. The van der Waals surface area contributed by atoms with Crippen LogP contribution in [0.4, 0.5) is 5.95 Å². The Morgan fingerprint density at radius 3 is 2.67 bits per heavy atom. The SMILES string of the molecule is N#CCN1CCC(CNc2ncc(Cl)cn2)CC1. The minimum Gasteiger partial charge on any atom is -0.354 e. The first kappa shape index (κ1) is 13.1. The van der Waals surface area contributed by atoms with Crippen molar-refractivity contribution in [3.05, 3.63) is 17.4 Å². The van der Waals surface area contributed by atoms with E-state index in [1.165, 1.54) is 0 Å². The summed E-state index contributed by atoms with van der Waals surface area (Å²) in [6.45, 7) is 3.42. The number of piperidine rings is 1. The Balaban J connectivity index is 1.72. The number of nitrogens with zero attached hydrogens (tertiary/aromatic N) is 4. The van der Waals surface area contributed by atoms with Crippen LogP contribution in [0.5, 0.6) is 0 Å². The summed E-state index contributed by atoms with van der Waals surface area (Å²) in [6, 6.07) is 2.19. The average Bonchev–Trinajstić information content (AvgIpc) is 2.40. The molecule has 1 fully saturated rings. The molecular weight excluding hydrogens is 250 g/mol. The molecule has 0 unspecified atom stereocenters. The molecular formula is C12H16ClN5. The van der Waals surface area contributed by atoms with Crippen LogP contribution in [0.2, 0.25) is 5.02 Å². The molecule has 5 nitrogen and oxygen atoms in total. The van der Waals surface area contributed by atoms with Crippen LogP contribution in [0.25, 0.3) is 0 Å². The van der Waals surface area contributed by atoms with E-state index < -0.39 is 0 Å². The number of aromatic nitrogens is 2. The quantitative estimate of drug-likeness (QED) is 0.841. The molecule has 1 aliphatic rings. The summed E-state index contributed by atoms with van der Waals surface area (Å²) in [5, 5.41) is 12.4. The van der Waals surface area contributed by atoms with Crippen molar-refractivity contribution in [3.63, 3.8) is 0 Å². The van der Waals surface area contributed by atoms with Crippen LogP contribution in [0.3, 0.4) is 0 Å². The summed E-state index contributed by atoms with van der Waals surface area (Å²) < 4.78 is 0. The minimum absolute atomic E-state index is 0.542. The Bertz CT molecular complexity index is 405. The maximum atomic E-state index is 8.63. The Morgan fingerprint density at radius 2 is 2.06 bits per heavy atom. The Morgan fingerprint density at radius 1 is 1.39 bits per heavy atom. The van der Waals surface area contributed by atoms with Gasteiger partial charge in [0.25, 0.3) is 0 Å². The van der Waals surface area contributed by atoms with Crippen molar-refractivity contribution in [1.82, 2.24) is 14.9 Å². The van der Waals surface area contributed by atoms with E-state index in [2.05, 4.69) is 26.3 Å². The molecule has 96 valence electrons. The lowest BCUT2D eigenvalue weighted by atomic mass is 9.97. The first-order chi connectivity index (χ1) is 8.78. The van der Waals surface area contributed by atoms with Crippen molar-refractivity contribution in [2.45, 2.75) is 12.8 Å². The van der Waals surface area contributed by atoms with E-state index in [4.69, 9.17) is 16.9 Å². The highest BCUT2D eigenvalue weighted by atomic mass is 35.5. The second-order valence-electron chi connectivity index (χ2n) is 4.48. The Hall–Kier alpha value is -1.38. The second kappa shape index (κ2) is 6.53. The normalized spacial score (nSPS) is 17.3. The number of anilines is 1. The molecule has 1 aromatic heterocycles. The van der Waals surface area contributed by atoms with Gasteiger partial charge in [0.1, 0.15) is 0 Å². The average molecular weight is 266 g/mol. The minimum atomic E-state index is 0.542. The molecule has 1 aromatic rings. The summed E-state index contributed by atoms with van der Waals surface area (Å²) in [7, 11) is 0. The topological polar surface area (TPSA) is 64.8 Å². The molecule has 6 heteroatoms. The van der Waals surface area contributed by atoms with Gasteiger partial charge in [0, 0.05) is 6.54 Å². The fourth-order valence-electron chi connectivity index (χ4n) is 2.09. The van der Waals surface area contributed by atoms with E-state index in [1.54, 1.807) is 12.4 Å². The summed E-state index contributed by atoms with van der Waals surface area (Å²) in [6.07, 6.45) is 5.41. The van der Waals surface area contributed by atoms with Crippen molar-refractivity contribution in [3.8, 4) is 6.07 Å². The zero-order valence-corrected chi connectivity index (χ0v) is 10.9. The highest BCUT2D eigenvalue weighted by molar-refractivity contribution is 6.30. The second-order valence-corrected chi connectivity index (χ2v) is 4.92. The van der Waals surface area contributed by atoms with Crippen LogP contribution >= 0.6 is 11.6 Å². The van der Waals surface area contributed by atoms with E-state index >= 15 is 0 Å². The number of nitriles is 1. The lowest BCUT2D eigenvalue weighted by Crippen LogP contribution is -2.36. The first-order valence-electron chi connectivity index (χ1n) is 6.08. The molecule has 0 saturated carbocycles. The van der Waals surface area contributed by atoms with Crippen molar-refractivity contribution >= 4 is 17.5 Å². The van der Waals surface area contributed by atoms with Crippen molar-refractivity contribution in [1.29, 1.82) is 5.26 Å². The van der Waals surface area contributed by atoms with Gasteiger partial charge in [-0.3, -0.25) is 4.90 Å². The van der Waals surface area contributed by atoms with E-state index in [1.807, 2.05) is 0 Å². The van der Waals surface area contributed by atoms with Crippen molar-refractivity contribution < 1.29 is 0 Å². The van der Waals surface area contributed by atoms with Crippen LogP contribution in [0, 0.1) is 17.2 Å². The van der Waals surface area contributed by atoms with Crippen LogP contribution in [0.1, 0.15) is 12.8 Å². The van der Waals surface area contributed by atoms with Gasteiger partial charge in [-0.25, -0.2) is 9.97 Å². The first-order valence-corrected chi connectivity index (χ1v) is 6.46. The number of nitrogens with one attached hydrogen (secondary N) is 1. The molecule has 0 bridgehead atoms. The predicted octanol–water partition coefficient (Wildman–Crippen LogP) is 1.78. The number of likely N-dealkylation sites (tertiary alicyclic amines) is 1. The van der Waals surface area contributed by atoms with Gasteiger partial charge in [0.15, 0.2) is 0 Å².